The van der Waals surface area contributed by atoms with Gasteiger partial charge in [0.25, 0.3) is 0 Å². The molecule has 4 rings (SSSR count). The molecule has 4 aromatic rings. The quantitative estimate of drug-likeness (QED) is 0.359. The van der Waals surface area contributed by atoms with Gasteiger partial charge in [-0.1, -0.05) is 105 Å². The summed E-state index contributed by atoms with van der Waals surface area (Å²) in [6.07, 6.45) is 0. The maximum atomic E-state index is 2.27. The highest BCUT2D eigenvalue weighted by molar-refractivity contribution is 5.81. The van der Waals surface area contributed by atoms with Crippen molar-refractivity contribution in [2.75, 3.05) is 0 Å². The summed E-state index contributed by atoms with van der Waals surface area (Å²) in [5.74, 6) is 0. The van der Waals surface area contributed by atoms with Crippen molar-refractivity contribution in [3.63, 3.8) is 0 Å². The third kappa shape index (κ3) is 4.10. The molecule has 0 heteroatoms. The van der Waals surface area contributed by atoms with Crippen molar-refractivity contribution in [1.82, 2.24) is 0 Å². The van der Waals surface area contributed by atoms with E-state index in [0.29, 0.717) is 0 Å². The van der Waals surface area contributed by atoms with Crippen LogP contribution < -0.4 is 0 Å². The van der Waals surface area contributed by atoms with E-state index >= 15 is 0 Å². The SMILES string of the molecule is CC.c1ccc(-c2cc(-c3ccccc3)cc(-c3ccccc3)c2)cc1. The fraction of sp³-hybridized carbons (Fsp3) is 0.0769. The van der Waals surface area contributed by atoms with Crippen LogP contribution in [-0.4, -0.2) is 0 Å². The highest BCUT2D eigenvalue weighted by atomic mass is 14.1. The summed E-state index contributed by atoms with van der Waals surface area (Å²) in [6, 6.07) is 38.5. The Labute approximate surface area is 156 Å². The fourth-order valence-electron chi connectivity index (χ4n) is 3.02. The van der Waals surface area contributed by atoms with Crippen LogP contribution in [0.5, 0.6) is 0 Å². The van der Waals surface area contributed by atoms with Crippen molar-refractivity contribution in [1.29, 1.82) is 0 Å². The molecule has 0 heterocycles. The van der Waals surface area contributed by atoms with Crippen molar-refractivity contribution in [2.24, 2.45) is 0 Å². The predicted molar refractivity (Wildman–Crippen MR) is 114 cm³/mol. The largest absolute Gasteiger partial charge is 0.0683 e. The Morgan fingerprint density at radius 3 is 0.769 bits per heavy atom. The molecular weight excluding hydrogens is 312 g/mol. The van der Waals surface area contributed by atoms with Crippen LogP contribution in [0.1, 0.15) is 13.8 Å². The first-order chi connectivity index (χ1) is 12.9. The van der Waals surface area contributed by atoms with Crippen LogP contribution in [0.2, 0.25) is 0 Å². The Kier molecular flexibility index (Phi) is 6.01. The third-order valence-corrected chi connectivity index (χ3v) is 4.25. The van der Waals surface area contributed by atoms with E-state index in [2.05, 4.69) is 109 Å². The second-order valence-corrected chi connectivity index (χ2v) is 5.90. The Hall–Kier alpha value is -3.12. The Balaban J connectivity index is 0.000000948. The Bertz CT molecular complexity index is 784. The summed E-state index contributed by atoms with van der Waals surface area (Å²) < 4.78 is 0. The summed E-state index contributed by atoms with van der Waals surface area (Å²) in [7, 11) is 0. The first-order valence-electron chi connectivity index (χ1n) is 9.21. The van der Waals surface area contributed by atoms with E-state index < -0.39 is 0 Å². The minimum Gasteiger partial charge on any atom is -0.0683 e. The van der Waals surface area contributed by atoms with Crippen LogP contribution in [-0.2, 0) is 0 Å². The van der Waals surface area contributed by atoms with Crippen molar-refractivity contribution >= 4 is 0 Å². The molecule has 0 fully saturated rings. The lowest BCUT2D eigenvalue weighted by molar-refractivity contribution is 1.50. The van der Waals surface area contributed by atoms with Crippen LogP contribution in [0.3, 0.4) is 0 Å². The Morgan fingerprint density at radius 2 is 0.538 bits per heavy atom. The van der Waals surface area contributed by atoms with Gasteiger partial charge in [0.15, 0.2) is 0 Å². The summed E-state index contributed by atoms with van der Waals surface area (Å²) >= 11 is 0. The zero-order valence-corrected chi connectivity index (χ0v) is 15.4. The van der Waals surface area contributed by atoms with Gasteiger partial charge in [0, 0.05) is 0 Å². The highest BCUT2D eigenvalue weighted by Crippen LogP contribution is 2.32. The van der Waals surface area contributed by atoms with E-state index in [0.717, 1.165) is 0 Å². The maximum absolute atomic E-state index is 2.27. The topological polar surface area (TPSA) is 0 Å². The smallest absolute Gasteiger partial charge is 0.0172 e. The van der Waals surface area contributed by atoms with Gasteiger partial charge in [-0.05, 0) is 51.6 Å². The van der Waals surface area contributed by atoms with Gasteiger partial charge in [0.2, 0.25) is 0 Å². The molecule has 0 unspecified atom stereocenters. The minimum atomic E-state index is 1.24. The summed E-state index contributed by atoms with van der Waals surface area (Å²) in [5.41, 5.74) is 7.47. The number of rotatable bonds is 3. The molecule has 128 valence electrons. The first kappa shape index (κ1) is 17.7. The third-order valence-electron chi connectivity index (χ3n) is 4.25. The van der Waals surface area contributed by atoms with Crippen LogP contribution in [0.15, 0.2) is 109 Å². The molecule has 0 saturated heterocycles. The molecule has 0 N–H and O–H groups in total. The lowest BCUT2D eigenvalue weighted by Crippen LogP contribution is -1.85. The van der Waals surface area contributed by atoms with E-state index in [4.69, 9.17) is 0 Å². The molecule has 0 aliphatic carbocycles. The predicted octanol–water partition coefficient (Wildman–Crippen LogP) is 7.71. The monoisotopic (exact) mass is 336 g/mol. The lowest BCUT2D eigenvalue weighted by atomic mass is 9.93. The van der Waals surface area contributed by atoms with Gasteiger partial charge in [-0.2, -0.15) is 0 Å². The summed E-state index contributed by atoms with van der Waals surface area (Å²) in [4.78, 5) is 0. The van der Waals surface area contributed by atoms with Gasteiger partial charge in [0.05, 0.1) is 0 Å². The molecule has 0 nitrogen and oxygen atoms in total. The molecular formula is C26H24. The van der Waals surface area contributed by atoms with Crippen molar-refractivity contribution in [3.8, 4) is 33.4 Å². The zero-order valence-electron chi connectivity index (χ0n) is 15.4. The second kappa shape index (κ2) is 8.82. The van der Waals surface area contributed by atoms with Gasteiger partial charge in [-0.15, -0.1) is 0 Å². The van der Waals surface area contributed by atoms with Gasteiger partial charge in [-0.25, -0.2) is 0 Å². The fourth-order valence-corrected chi connectivity index (χ4v) is 3.02. The van der Waals surface area contributed by atoms with Crippen LogP contribution >= 0.6 is 0 Å². The van der Waals surface area contributed by atoms with E-state index in [9.17, 15) is 0 Å². The van der Waals surface area contributed by atoms with Crippen LogP contribution in [0.4, 0.5) is 0 Å². The highest BCUT2D eigenvalue weighted by Gasteiger charge is 2.06. The molecule has 0 aromatic heterocycles. The molecule has 0 radical (unpaired) electrons. The summed E-state index contributed by atoms with van der Waals surface area (Å²) in [5, 5.41) is 0. The Morgan fingerprint density at radius 1 is 0.308 bits per heavy atom. The second-order valence-electron chi connectivity index (χ2n) is 5.90. The first-order valence-corrected chi connectivity index (χ1v) is 9.21. The average Bonchev–Trinajstić information content (AvgIpc) is 2.77. The van der Waals surface area contributed by atoms with E-state index in [-0.39, 0.29) is 0 Å². The zero-order chi connectivity index (χ0) is 18.2. The van der Waals surface area contributed by atoms with Crippen molar-refractivity contribution < 1.29 is 0 Å². The van der Waals surface area contributed by atoms with Gasteiger partial charge in [0.1, 0.15) is 0 Å². The average molecular weight is 336 g/mol. The molecule has 0 atom stereocenters. The van der Waals surface area contributed by atoms with Gasteiger partial charge >= 0.3 is 0 Å². The van der Waals surface area contributed by atoms with Crippen LogP contribution in [0.25, 0.3) is 33.4 Å². The standard InChI is InChI=1S/C24H18.C2H6/c1-4-10-19(11-5-1)22-16-23(20-12-6-2-7-13-20)18-24(17-22)21-14-8-3-9-15-21;1-2/h1-18H;1-2H3. The maximum Gasteiger partial charge on any atom is -0.0172 e. The van der Waals surface area contributed by atoms with Crippen molar-refractivity contribution in [3.05, 3.63) is 109 Å². The number of hydrogen-bond donors (Lipinski definition) is 0. The molecule has 0 bridgehead atoms. The molecule has 4 aromatic carbocycles. The van der Waals surface area contributed by atoms with E-state index in [1.165, 1.54) is 33.4 Å². The molecule has 26 heavy (non-hydrogen) atoms. The van der Waals surface area contributed by atoms with E-state index in [1.54, 1.807) is 0 Å². The minimum absolute atomic E-state index is 1.24. The number of benzene rings is 4. The summed E-state index contributed by atoms with van der Waals surface area (Å²) in [6.45, 7) is 4.00. The normalized spacial score (nSPS) is 9.92. The van der Waals surface area contributed by atoms with Crippen LogP contribution in [0, 0.1) is 0 Å². The molecule has 0 amide bonds. The van der Waals surface area contributed by atoms with Gasteiger partial charge < -0.3 is 0 Å². The van der Waals surface area contributed by atoms with Gasteiger partial charge in [-0.3, -0.25) is 0 Å². The molecule has 0 aliphatic rings. The lowest BCUT2D eigenvalue weighted by Gasteiger charge is -2.11. The number of hydrogen-bond acceptors (Lipinski definition) is 0. The van der Waals surface area contributed by atoms with Crippen molar-refractivity contribution in [2.45, 2.75) is 13.8 Å². The molecule has 0 aliphatic heterocycles. The van der Waals surface area contributed by atoms with E-state index in [1.807, 2.05) is 13.8 Å². The molecule has 0 saturated carbocycles. The molecule has 0 spiro atoms.